The van der Waals surface area contributed by atoms with E-state index in [0.717, 1.165) is 36.3 Å². The van der Waals surface area contributed by atoms with E-state index in [1.807, 2.05) is 49.4 Å². The Morgan fingerprint density at radius 3 is 2.42 bits per heavy atom. The summed E-state index contributed by atoms with van der Waals surface area (Å²) in [6.45, 7) is 8.91. The molecular weight excluding hydrogens is 409 g/mol. The van der Waals surface area contributed by atoms with Crippen LogP contribution in [0.2, 0.25) is 5.02 Å². The van der Waals surface area contributed by atoms with Crippen molar-refractivity contribution < 1.29 is 9.13 Å². The minimum atomic E-state index is -0.274. The van der Waals surface area contributed by atoms with Gasteiger partial charge in [-0.15, -0.1) is 6.58 Å². The minimum absolute atomic E-state index is 0.130. The van der Waals surface area contributed by atoms with Crippen LogP contribution in [-0.4, -0.2) is 6.61 Å². The van der Waals surface area contributed by atoms with E-state index in [4.69, 9.17) is 16.3 Å². The smallest absolute Gasteiger partial charge is 0.146 e. The number of aryl methyl sites for hydroxylation is 1. The average Bonchev–Trinajstić information content (AvgIpc) is 2.78. The molecule has 0 aliphatic heterocycles. The molecule has 0 aliphatic carbocycles. The fourth-order valence-electron chi connectivity index (χ4n) is 3.64. The van der Waals surface area contributed by atoms with Crippen LogP contribution in [0.4, 0.5) is 15.8 Å². The normalized spacial score (nSPS) is 12.8. The van der Waals surface area contributed by atoms with Gasteiger partial charge in [0.1, 0.15) is 11.6 Å². The van der Waals surface area contributed by atoms with E-state index in [1.165, 1.54) is 11.6 Å². The lowest BCUT2D eigenvalue weighted by Gasteiger charge is -2.27. The van der Waals surface area contributed by atoms with Crippen LogP contribution in [0.25, 0.3) is 0 Å². The highest BCUT2D eigenvalue weighted by atomic mass is 35.5. The summed E-state index contributed by atoms with van der Waals surface area (Å²) in [5, 5.41) is 3.79. The summed E-state index contributed by atoms with van der Waals surface area (Å²) in [6.07, 6.45) is 4.78. The second-order valence-corrected chi connectivity index (χ2v) is 8.32. The lowest BCUT2D eigenvalue weighted by molar-refractivity contribution is 0.340. The van der Waals surface area contributed by atoms with Gasteiger partial charge in [-0.25, -0.2) is 4.39 Å². The van der Waals surface area contributed by atoms with Crippen molar-refractivity contribution in [2.75, 3.05) is 11.9 Å². The fourth-order valence-corrected chi connectivity index (χ4v) is 3.76. The third kappa shape index (κ3) is 6.11. The van der Waals surface area contributed by atoms with Crippen molar-refractivity contribution in [3.05, 3.63) is 101 Å². The highest BCUT2D eigenvalue weighted by Crippen LogP contribution is 2.32. The number of hydrogen-bond acceptors (Lipinski definition) is 2. The second-order valence-electron chi connectivity index (χ2n) is 7.88. The second kappa shape index (κ2) is 10.5. The zero-order valence-electron chi connectivity index (χ0n) is 18.1. The first-order chi connectivity index (χ1) is 14.9. The summed E-state index contributed by atoms with van der Waals surface area (Å²) >= 11 is 5.93. The third-order valence-corrected chi connectivity index (χ3v) is 5.84. The van der Waals surface area contributed by atoms with Crippen LogP contribution in [0.5, 0.6) is 5.75 Å². The van der Waals surface area contributed by atoms with Crippen LogP contribution in [0.3, 0.4) is 0 Å². The summed E-state index contributed by atoms with van der Waals surface area (Å²) < 4.78 is 19.8. The maximum Gasteiger partial charge on any atom is 0.146 e. The predicted octanol–water partition coefficient (Wildman–Crippen LogP) is 8.09. The van der Waals surface area contributed by atoms with Gasteiger partial charge >= 0.3 is 0 Å². The first-order valence-electron chi connectivity index (χ1n) is 10.6. The maximum absolute atomic E-state index is 14.3. The quantitative estimate of drug-likeness (QED) is 0.323. The molecule has 0 bridgehead atoms. The third-order valence-electron chi connectivity index (χ3n) is 5.59. The molecule has 0 aromatic heterocycles. The van der Waals surface area contributed by atoms with E-state index >= 15 is 0 Å². The van der Waals surface area contributed by atoms with E-state index in [-0.39, 0.29) is 11.2 Å². The number of halogens is 2. The van der Waals surface area contributed by atoms with Crippen LogP contribution >= 0.6 is 11.6 Å². The molecule has 0 radical (unpaired) electrons. The van der Waals surface area contributed by atoms with Crippen LogP contribution in [-0.2, 0) is 11.8 Å². The van der Waals surface area contributed by atoms with Gasteiger partial charge in [0.15, 0.2) is 0 Å². The molecule has 3 rings (SSSR count). The van der Waals surface area contributed by atoms with Crippen molar-refractivity contribution in [3.8, 4) is 5.75 Å². The van der Waals surface area contributed by atoms with Crippen molar-refractivity contribution in [2.24, 2.45) is 0 Å². The molecule has 0 amide bonds. The first kappa shape index (κ1) is 22.9. The molecule has 4 heteroatoms. The summed E-state index contributed by atoms with van der Waals surface area (Å²) in [6, 6.07) is 20.7. The number of benzene rings is 3. The van der Waals surface area contributed by atoms with Crippen molar-refractivity contribution >= 4 is 23.0 Å². The zero-order valence-corrected chi connectivity index (χ0v) is 18.9. The SMILES string of the molecule is C=CC(C)(CCCc1ccc(F)c(Nc2ccc(Cl)cc2)c1)c1ccc(OCC)cc1. The highest BCUT2D eigenvalue weighted by molar-refractivity contribution is 6.30. The molecule has 0 fully saturated rings. The van der Waals surface area contributed by atoms with E-state index in [1.54, 1.807) is 12.1 Å². The number of rotatable bonds is 10. The van der Waals surface area contributed by atoms with Gasteiger partial charge in [0.25, 0.3) is 0 Å². The molecule has 3 aromatic carbocycles. The Balaban J connectivity index is 1.64. The number of hydrogen-bond donors (Lipinski definition) is 1. The molecule has 0 saturated carbocycles. The summed E-state index contributed by atoms with van der Waals surface area (Å²) in [4.78, 5) is 0. The number of ether oxygens (including phenoxy) is 1. The van der Waals surface area contributed by atoms with Crippen LogP contribution in [0.15, 0.2) is 79.4 Å². The fraction of sp³-hybridized carbons (Fsp3) is 0.259. The van der Waals surface area contributed by atoms with Gasteiger partial charge in [0.2, 0.25) is 0 Å². The monoisotopic (exact) mass is 437 g/mol. The van der Waals surface area contributed by atoms with Gasteiger partial charge in [-0.1, -0.05) is 42.8 Å². The molecule has 0 aliphatic rings. The Hall–Kier alpha value is -2.78. The van der Waals surface area contributed by atoms with Crippen molar-refractivity contribution in [3.63, 3.8) is 0 Å². The Morgan fingerprint density at radius 1 is 1.06 bits per heavy atom. The van der Waals surface area contributed by atoms with Gasteiger partial charge in [-0.3, -0.25) is 0 Å². The number of anilines is 2. The van der Waals surface area contributed by atoms with Crippen LogP contribution < -0.4 is 10.1 Å². The molecule has 0 saturated heterocycles. The lowest BCUT2D eigenvalue weighted by Crippen LogP contribution is -2.18. The summed E-state index contributed by atoms with van der Waals surface area (Å²) in [7, 11) is 0. The topological polar surface area (TPSA) is 21.3 Å². The van der Waals surface area contributed by atoms with Crippen LogP contribution in [0, 0.1) is 5.82 Å². The first-order valence-corrected chi connectivity index (χ1v) is 11.0. The highest BCUT2D eigenvalue weighted by Gasteiger charge is 2.22. The zero-order chi connectivity index (χ0) is 22.3. The van der Waals surface area contributed by atoms with E-state index in [2.05, 4.69) is 31.0 Å². The largest absolute Gasteiger partial charge is 0.494 e. The molecule has 1 atom stereocenters. The molecule has 3 aromatic rings. The van der Waals surface area contributed by atoms with Gasteiger partial charge < -0.3 is 10.1 Å². The average molecular weight is 438 g/mol. The molecule has 1 N–H and O–H groups in total. The minimum Gasteiger partial charge on any atom is -0.494 e. The van der Waals surface area contributed by atoms with E-state index < -0.39 is 0 Å². The van der Waals surface area contributed by atoms with Gasteiger partial charge in [0.05, 0.1) is 12.3 Å². The summed E-state index contributed by atoms with van der Waals surface area (Å²) in [5.41, 5.74) is 3.45. The number of nitrogens with one attached hydrogen (secondary N) is 1. The van der Waals surface area contributed by atoms with Crippen molar-refractivity contribution in [2.45, 2.75) is 38.5 Å². The maximum atomic E-state index is 14.3. The molecule has 2 nitrogen and oxygen atoms in total. The number of allylic oxidation sites excluding steroid dienone is 1. The van der Waals surface area contributed by atoms with E-state index in [0.29, 0.717) is 17.3 Å². The Bertz CT molecular complexity index is 1000. The van der Waals surface area contributed by atoms with Crippen molar-refractivity contribution in [1.29, 1.82) is 0 Å². The Kier molecular flexibility index (Phi) is 7.75. The molecule has 0 spiro atoms. The standard InChI is InChI=1S/C27H29ClFNO/c1-4-27(3,21-9-15-24(16-10-21)31-5-2)18-6-7-20-8-17-25(29)26(19-20)30-23-13-11-22(28)12-14-23/h4,8-17,19,30H,1,5-7,18H2,2-3H3. The molecule has 31 heavy (non-hydrogen) atoms. The molecule has 0 heterocycles. The molecular formula is C27H29ClFNO. The summed E-state index contributed by atoms with van der Waals surface area (Å²) in [5.74, 6) is 0.605. The van der Waals surface area contributed by atoms with Crippen LogP contribution in [0.1, 0.15) is 37.8 Å². The Morgan fingerprint density at radius 2 is 1.77 bits per heavy atom. The van der Waals surface area contributed by atoms with Gasteiger partial charge in [-0.05, 0) is 85.8 Å². The molecule has 1 unspecified atom stereocenters. The van der Waals surface area contributed by atoms with Gasteiger partial charge in [-0.2, -0.15) is 0 Å². The lowest BCUT2D eigenvalue weighted by atomic mass is 9.78. The molecule has 162 valence electrons. The van der Waals surface area contributed by atoms with Crippen molar-refractivity contribution in [1.82, 2.24) is 0 Å². The van der Waals surface area contributed by atoms with Gasteiger partial charge in [0, 0.05) is 16.1 Å². The predicted molar refractivity (Wildman–Crippen MR) is 129 cm³/mol. The van der Waals surface area contributed by atoms with E-state index in [9.17, 15) is 4.39 Å². The Labute approximate surface area is 189 Å².